The van der Waals surface area contributed by atoms with Gasteiger partial charge in [0, 0.05) is 20.1 Å². The first kappa shape index (κ1) is 12.4. The first-order valence-electron chi connectivity index (χ1n) is 7.10. The number of carbonyl (C=O) groups excluding carboxylic acids is 1. The number of hydrogen-bond acceptors (Lipinski definition) is 3. The van der Waals surface area contributed by atoms with Crippen molar-refractivity contribution in [2.24, 2.45) is 18.9 Å². The molecule has 1 saturated carbocycles. The molecule has 1 aromatic heterocycles. The number of aromatic nitrogens is 3. The zero-order valence-electron chi connectivity index (χ0n) is 11.4. The van der Waals surface area contributed by atoms with Crippen molar-refractivity contribution in [3.63, 3.8) is 0 Å². The van der Waals surface area contributed by atoms with E-state index in [2.05, 4.69) is 15.6 Å². The first-order valence-corrected chi connectivity index (χ1v) is 7.10. The molecular weight excluding hydrogens is 242 g/mol. The van der Waals surface area contributed by atoms with Gasteiger partial charge in [0.1, 0.15) is 0 Å². The fraction of sp³-hybridized carbons (Fsp3) is 0.769. The number of aryl methyl sites for hydroxylation is 1. The van der Waals surface area contributed by atoms with E-state index in [0.717, 1.165) is 30.6 Å². The van der Waals surface area contributed by atoms with Gasteiger partial charge in [0.05, 0.1) is 18.4 Å². The molecule has 2 aliphatic rings. The van der Waals surface area contributed by atoms with Crippen LogP contribution in [0.15, 0.2) is 6.20 Å². The van der Waals surface area contributed by atoms with Crippen molar-refractivity contribution in [2.45, 2.75) is 32.2 Å². The maximum atomic E-state index is 12.1. The first-order chi connectivity index (χ1) is 9.24. The molecule has 2 fully saturated rings. The molecule has 1 aromatic rings. The minimum Gasteiger partial charge on any atom is -0.332 e. The lowest BCUT2D eigenvalue weighted by atomic mass is 9.92. The summed E-state index contributed by atoms with van der Waals surface area (Å²) < 4.78 is 1.68. The molecule has 1 saturated heterocycles. The molecule has 2 amide bonds. The molecule has 0 aromatic carbocycles. The molecule has 6 heteroatoms. The highest BCUT2D eigenvalue weighted by molar-refractivity contribution is 5.74. The van der Waals surface area contributed by atoms with E-state index in [0.29, 0.717) is 6.54 Å². The third-order valence-electron chi connectivity index (χ3n) is 4.34. The van der Waals surface area contributed by atoms with E-state index in [1.165, 1.54) is 25.7 Å². The molecule has 3 rings (SSSR count). The second-order valence-corrected chi connectivity index (χ2v) is 5.67. The molecule has 0 unspecified atom stereocenters. The van der Waals surface area contributed by atoms with E-state index in [1.54, 1.807) is 10.9 Å². The Labute approximate surface area is 113 Å². The highest BCUT2D eigenvalue weighted by Gasteiger charge is 2.34. The Morgan fingerprint density at radius 2 is 2.00 bits per heavy atom. The number of nitrogens with zero attached hydrogens (tertiary/aromatic N) is 4. The Hall–Kier alpha value is -1.59. The fourth-order valence-corrected chi connectivity index (χ4v) is 2.89. The SMILES string of the molecule is Cn1nncc1CNC(=O)N1CCC(C2CC2)CC1. The van der Waals surface area contributed by atoms with Crippen LogP contribution in [-0.4, -0.2) is 39.0 Å². The van der Waals surface area contributed by atoms with Crippen molar-refractivity contribution in [3.8, 4) is 0 Å². The maximum Gasteiger partial charge on any atom is 0.317 e. The number of likely N-dealkylation sites (tertiary alicyclic amines) is 1. The summed E-state index contributed by atoms with van der Waals surface area (Å²) in [6.07, 6.45) is 6.84. The molecular formula is C13H21N5O. The monoisotopic (exact) mass is 263 g/mol. The molecule has 0 atom stereocenters. The highest BCUT2D eigenvalue weighted by Crippen LogP contribution is 2.41. The molecule has 19 heavy (non-hydrogen) atoms. The predicted molar refractivity (Wildman–Crippen MR) is 70.3 cm³/mol. The molecule has 0 bridgehead atoms. The normalized spacial score (nSPS) is 20.6. The highest BCUT2D eigenvalue weighted by atomic mass is 16.2. The summed E-state index contributed by atoms with van der Waals surface area (Å²) in [5.74, 6) is 1.83. The van der Waals surface area contributed by atoms with Crippen molar-refractivity contribution < 1.29 is 4.79 Å². The van der Waals surface area contributed by atoms with E-state index in [4.69, 9.17) is 0 Å². The van der Waals surface area contributed by atoms with Gasteiger partial charge in [-0.1, -0.05) is 5.21 Å². The molecule has 104 valence electrons. The van der Waals surface area contributed by atoms with E-state index in [-0.39, 0.29) is 6.03 Å². The van der Waals surface area contributed by atoms with Crippen LogP contribution in [0.4, 0.5) is 4.79 Å². The number of hydrogen-bond donors (Lipinski definition) is 1. The summed E-state index contributed by atoms with van der Waals surface area (Å²) in [7, 11) is 1.83. The van der Waals surface area contributed by atoms with Gasteiger partial charge in [0.25, 0.3) is 0 Å². The van der Waals surface area contributed by atoms with E-state index in [9.17, 15) is 4.79 Å². The summed E-state index contributed by atoms with van der Waals surface area (Å²) in [6.45, 7) is 2.29. The molecule has 0 radical (unpaired) electrons. The van der Waals surface area contributed by atoms with E-state index < -0.39 is 0 Å². The van der Waals surface area contributed by atoms with Crippen LogP contribution in [0.1, 0.15) is 31.4 Å². The molecule has 6 nitrogen and oxygen atoms in total. The second kappa shape index (κ2) is 5.19. The van der Waals surface area contributed by atoms with Crippen LogP contribution in [0.3, 0.4) is 0 Å². The summed E-state index contributed by atoms with van der Waals surface area (Å²) in [4.78, 5) is 14.0. The number of carbonyl (C=O) groups is 1. The summed E-state index contributed by atoms with van der Waals surface area (Å²) in [5, 5.41) is 10.6. The van der Waals surface area contributed by atoms with Crippen LogP contribution in [-0.2, 0) is 13.6 Å². The lowest BCUT2D eigenvalue weighted by molar-refractivity contribution is 0.164. The van der Waals surface area contributed by atoms with Crippen molar-refractivity contribution in [1.29, 1.82) is 0 Å². The summed E-state index contributed by atoms with van der Waals surface area (Å²) in [6, 6.07) is 0.0375. The van der Waals surface area contributed by atoms with Crippen LogP contribution >= 0.6 is 0 Å². The van der Waals surface area contributed by atoms with Gasteiger partial charge < -0.3 is 10.2 Å². The average Bonchev–Trinajstić information content (AvgIpc) is 3.20. The summed E-state index contributed by atoms with van der Waals surface area (Å²) >= 11 is 0. The second-order valence-electron chi connectivity index (χ2n) is 5.67. The minimum absolute atomic E-state index is 0.0375. The Morgan fingerprint density at radius 3 is 2.58 bits per heavy atom. The molecule has 1 aliphatic heterocycles. The van der Waals surface area contributed by atoms with Crippen molar-refractivity contribution in [3.05, 3.63) is 11.9 Å². The standard InChI is InChI=1S/C13H21N5O/c1-17-12(9-15-16-17)8-14-13(19)18-6-4-11(5-7-18)10-2-3-10/h9-11H,2-8H2,1H3,(H,14,19). The van der Waals surface area contributed by atoms with Gasteiger partial charge >= 0.3 is 6.03 Å². The number of piperidine rings is 1. The zero-order valence-corrected chi connectivity index (χ0v) is 11.4. The van der Waals surface area contributed by atoms with Gasteiger partial charge in [-0.3, -0.25) is 4.68 Å². The zero-order chi connectivity index (χ0) is 13.2. The van der Waals surface area contributed by atoms with Crippen LogP contribution in [0.5, 0.6) is 0 Å². The number of urea groups is 1. The van der Waals surface area contributed by atoms with E-state index in [1.807, 2.05) is 11.9 Å². The quantitative estimate of drug-likeness (QED) is 0.889. The lowest BCUT2D eigenvalue weighted by Gasteiger charge is -2.32. The lowest BCUT2D eigenvalue weighted by Crippen LogP contribution is -2.44. The van der Waals surface area contributed by atoms with Crippen molar-refractivity contribution in [1.82, 2.24) is 25.2 Å². The van der Waals surface area contributed by atoms with Crippen LogP contribution in [0.2, 0.25) is 0 Å². The minimum atomic E-state index is 0.0375. The molecule has 1 N–H and O–H groups in total. The number of nitrogens with one attached hydrogen (secondary N) is 1. The van der Waals surface area contributed by atoms with Gasteiger partial charge in [0.2, 0.25) is 0 Å². The van der Waals surface area contributed by atoms with Crippen LogP contribution in [0, 0.1) is 11.8 Å². The third kappa shape index (κ3) is 2.88. The van der Waals surface area contributed by atoms with Crippen LogP contribution in [0.25, 0.3) is 0 Å². The van der Waals surface area contributed by atoms with Gasteiger partial charge in [-0.15, -0.1) is 5.10 Å². The number of amides is 2. The number of rotatable bonds is 3. The van der Waals surface area contributed by atoms with Gasteiger partial charge in [-0.2, -0.15) is 0 Å². The Kier molecular flexibility index (Phi) is 3.40. The van der Waals surface area contributed by atoms with Crippen LogP contribution < -0.4 is 5.32 Å². The Bertz CT molecular complexity index is 446. The third-order valence-corrected chi connectivity index (χ3v) is 4.34. The van der Waals surface area contributed by atoms with Crippen molar-refractivity contribution >= 4 is 6.03 Å². The maximum absolute atomic E-state index is 12.1. The van der Waals surface area contributed by atoms with Gasteiger partial charge in [-0.25, -0.2) is 4.79 Å². The smallest absolute Gasteiger partial charge is 0.317 e. The Balaban J connectivity index is 1.44. The van der Waals surface area contributed by atoms with Gasteiger partial charge in [0.15, 0.2) is 0 Å². The molecule has 2 heterocycles. The Morgan fingerprint density at radius 1 is 1.32 bits per heavy atom. The summed E-state index contributed by atoms with van der Waals surface area (Å²) in [5.41, 5.74) is 0.918. The predicted octanol–water partition coefficient (Wildman–Crippen LogP) is 1.15. The topological polar surface area (TPSA) is 63.1 Å². The molecule has 1 aliphatic carbocycles. The molecule has 0 spiro atoms. The van der Waals surface area contributed by atoms with E-state index >= 15 is 0 Å². The fourth-order valence-electron chi connectivity index (χ4n) is 2.89. The van der Waals surface area contributed by atoms with Crippen molar-refractivity contribution in [2.75, 3.05) is 13.1 Å². The average molecular weight is 263 g/mol. The van der Waals surface area contributed by atoms with Gasteiger partial charge in [-0.05, 0) is 37.5 Å². The largest absolute Gasteiger partial charge is 0.332 e.